The molecular formula is C15H24N2O5S. The highest BCUT2D eigenvalue weighted by Crippen LogP contribution is 2.34. The third-order valence-corrected chi connectivity index (χ3v) is 6.18. The predicted octanol–water partition coefficient (Wildman–Crippen LogP) is 0.389. The van der Waals surface area contributed by atoms with Crippen LogP contribution >= 0.6 is 0 Å². The Hall–Kier alpha value is -1.35. The number of likely N-dealkylation sites (N-methyl/N-ethyl adjacent to an activating group) is 1. The lowest BCUT2D eigenvalue weighted by Crippen LogP contribution is -2.39. The summed E-state index contributed by atoms with van der Waals surface area (Å²) in [7, 11) is 2.91. The van der Waals surface area contributed by atoms with Crippen LogP contribution in [0.25, 0.3) is 0 Å². The minimum Gasteiger partial charge on any atom is -0.497 e. The minimum absolute atomic E-state index is 0.0530. The normalized spacial score (nSPS) is 22.5. The SMILES string of the molecule is COc1ccc(OC)c(S(=O)(=O)N2C[C@H](N(C)C)C[C@H]2CO)c1. The first kappa shape index (κ1) is 18.0. The molecule has 130 valence electrons. The molecule has 2 rings (SSSR count). The highest BCUT2D eigenvalue weighted by atomic mass is 32.2. The van der Waals surface area contributed by atoms with Crippen LogP contribution in [0.4, 0.5) is 0 Å². The van der Waals surface area contributed by atoms with Gasteiger partial charge in [-0.25, -0.2) is 8.42 Å². The van der Waals surface area contributed by atoms with Crippen LogP contribution in [-0.2, 0) is 10.0 Å². The van der Waals surface area contributed by atoms with E-state index in [0.717, 1.165) is 0 Å². The van der Waals surface area contributed by atoms with Gasteiger partial charge in [0.2, 0.25) is 10.0 Å². The summed E-state index contributed by atoms with van der Waals surface area (Å²) in [6.07, 6.45) is 0.592. The Morgan fingerprint density at radius 3 is 2.52 bits per heavy atom. The molecule has 1 N–H and O–H groups in total. The lowest BCUT2D eigenvalue weighted by molar-refractivity contribution is 0.212. The summed E-state index contributed by atoms with van der Waals surface area (Å²) in [5.41, 5.74) is 0. The molecule has 23 heavy (non-hydrogen) atoms. The fraction of sp³-hybridized carbons (Fsp3) is 0.600. The number of methoxy groups -OCH3 is 2. The molecule has 0 spiro atoms. The van der Waals surface area contributed by atoms with Gasteiger partial charge in [-0.1, -0.05) is 0 Å². The van der Waals surface area contributed by atoms with E-state index in [9.17, 15) is 13.5 Å². The van der Waals surface area contributed by atoms with E-state index in [0.29, 0.717) is 18.7 Å². The van der Waals surface area contributed by atoms with Crippen molar-refractivity contribution in [1.82, 2.24) is 9.21 Å². The quantitative estimate of drug-likeness (QED) is 0.804. The van der Waals surface area contributed by atoms with Gasteiger partial charge in [0.05, 0.1) is 20.8 Å². The van der Waals surface area contributed by atoms with Crippen LogP contribution in [0.5, 0.6) is 11.5 Å². The summed E-state index contributed by atoms with van der Waals surface area (Å²) in [4.78, 5) is 2.03. The van der Waals surface area contributed by atoms with E-state index in [1.807, 2.05) is 19.0 Å². The summed E-state index contributed by atoms with van der Waals surface area (Å²) < 4.78 is 37.8. The van der Waals surface area contributed by atoms with Crippen molar-refractivity contribution in [3.8, 4) is 11.5 Å². The largest absolute Gasteiger partial charge is 0.497 e. The average molecular weight is 344 g/mol. The molecule has 0 aliphatic carbocycles. The van der Waals surface area contributed by atoms with E-state index < -0.39 is 16.1 Å². The molecule has 0 saturated carbocycles. The molecule has 0 bridgehead atoms. The standard InChI is InChI=1S/C15H24N2O5S/c1-16(2)11-7-12(10-18)17(9-11)23(19,20)15-8-13(21-3)5-6-14(15)22-4/h5-6,8,11-12,18H,7,9-10H2,1-4H3/t11-,12+/m1/s1. The molecule has 2 atom stereocenters. The molecule has 1 aliphatic heterocycles. The smallest absolute Gasteiger partial charge is 0.247 e. The predicted molar refractivity (Wildman–Crippen MR) is 86.4 cm³/mol. The molecule has 0 amide bonds. The molecule has 1 aromatic rings. The molecule has 0 radical (unpaired) electrons. The van der Waals surface area contributed by atoms with Crippen molar-refractivity contribution in [3.63, 3.8) is 0 Å². The van der Waals surface area contributed by atoms with Crippen LogP contribution in [0.15, 0.2) is 23.1 Å². The van der Waals surface area contributed by atoms with E-state index in [4.69, 9.17) is 9.47 Å². The van der Waals surface area contributed by atoms with Crippen LogP contribution in [0.1, 0.15) is 6.42 Å². The Morgan fingerprint density at radius 1 is 1.30 bits per heavy atom. The van der Waals surface area contributed by atoms with Crippen molar-refractivity contribution < 1.29 is 23.0 Å². The Kier molecular flexibility index (Phi) is 5.51. The van der Waals surface area contributed by atoms with E-state index in [2.05, 4.69) is 0 Å². The van der Waals surface area contributed by atoms with Gasteiger partial charge >= 0.3 is 0 Å². The van der Waals surface area contributed by atoms with Crippen molar-refractivity contribution in [2.75, 3.05) is 41.5 Å². The number of sulfonamides is 1. The first-order valence-corrected chi connectivity index (χ1v) is 8.80. The Bertz CT molecular complexity index is 647. The van der Waals surface area contributed by atoms with Gasteiger partial charge in [0.25, 0.3) is 0 Å². The Labute approximate surface area is 137 Å². The molecule has 1 heterocycles. The number of hydrogen-bond acceptors (Lipinski definition) is 6. The number of hydrogen-bond donors (Lipinski definition) is 1. The van der Waals surface area contributed by atoms with Gasteiger partial charge < -0.3 is 19.5 Å². The third kappa shape index (κ3) is 3.45. The van der Waals surface area contributed by atoms with Crippen molar-refractivity contribution >= 4 is 10.0 Å². The second-order valence-corrected chi connectivity index (χ2v) is 7.64. The number of rotatable bonds is 6. The van der Waals surface area contributed by atoms with Crippen LogP contribution < -0.4 is 9.47 Å². The minimum atomic E-state index is -3.80. The monoisotopic (exact) mass is 344 g/mol. The maximum Gasteiger partial charge on any atom is 0.247 e. The maximum absolute atomic E-state index is 13.1. The summed E-state index contributed by atoms with van der Waals surface area (Å²) in [6, 6.07) is 4.29. The number of ether oxygens (including phenoxy) is 2. The van der Waals surface area contributed by atoms with Gasteiger partial charge in [-0.05, 0) is 32.6 Å². The van der Waals surface area contributed by atoms with Gasteiger partial charge in [-0.2, -0.15) is 4.31 Å². The zero-order chi connectivity index (χ0) is 17.2. The van der Waals surface area contributed by atoms with Crippen LogP contribution in [0.3, 0.4) is 0 Å². The third-order valence-electron chi connectivity index (χ3n) is 4.24. The van der Waals surface area contributed by atoms with Crippen molar-refractivity contribution in [2.24, 2.45) is 0 Å². The van der Waals surface area contributed by atoms with Crippen molar-refractivity contribution in [1.29, 1.82) is 0 Å². The number of aliphatic hydroxyl groups excluding tert-OH is 1. The lowest BCUT2D eigenvalue weighted by atomic mass is 10.2. The van der Waals surface area contributed by atoms with E-state index in [1.165, 1.54) is 24.6 Å². The fourth-order valence-electron chi connectivity index (χ4n) is 2.81. The van der Waals surface area contributed by atoms with E-state index in [-0.39, 0.29) is 23.3 Å². The summed E-state index contributed by atoms with van der Waals surface area (Å²) in [6.45, 7) is 0.122. The number of aliphatic hydroxyl groups is 1. The van der Waals surface area contributed by atoms with Crippen molar-refractivity contribution in [3.05, 3.63) is 18.2 Å². The van der Waals surface area contributed by atoms with Gasteiger partial charge in [0, 0.05) is 24.7 Å². The zero-order valence-corrected chi connectivity index (χ0v) is 14.7. The zero-order valence-electron chi connectivity index (χ0n) is 13.9. The average Bonchev–Trinajstić information content (AvgIpc) is 2.99. The molecule has 1 saturated heterocycles. The molecule has 1 aromatic carbocycles. The lowest BCUT2D eigenvalue weighted by Gasteiger charge is -2.24. The highest BCUT2D eigenvalue weighted by Gasteiger charge is 2.41. The molecule has 0 unspecified atom stereocenters. The van der Waals surface area contributed by atoms with Gasteiger partial charge in [0.1, 0.15) is 16.4 Å². The molecule has 7 nitrogen and oxygen atoms in total. The number of benzene rings is 1. The first-order chi connectivity index (χ1) is 10.8. The van der Waals surface area contributed by atoms with E-state index >= 15 is 0 Å². The molecule has 1 fully saturated rings. The number of nitrogens with zero attached hydrogens (tertiary/aromatic N) is 2. The van der Waals surface area contributed by atoms with E-state index in [1.54, 1.807) is 12.1 Å². The summed E-state index contributed by atoms with van der Waals surface area (Å²) in [5.74, 6) is 0.698. The molecule has 0 aromatic heterocycles. The second-order valence-electron chi connectivity index (χ2n) is 5.78. The maximum atomic E-state index is 13.1. The Balaban J connectivity index is 2.45. The molecule has 8 heteroatoms. The highest BCUT2D eigenvalue weighted by molar-refractivity contribution is 7.89. The van der Waals surface area contributed by atoms with Crippen molar-refractivity contribution in [2.45, 2.75) is 23.4 Å². The van der Waals surface area contributed by atoms with Crippen LogP contribution in [-0.4, -0.2) is 76.3 Å². The second kappa shape index (κ2) is 7.04. The first-order valence-electron chi connectivity index (χ1n) is 7.36. The van der Waals surface area contributed by atoms with Crippen LogP contribution in [0.2, 0.25) is 0 Å². The Morgan fingerprint density at radius 2 is 2.00 bits per heavy atom. The van der Waals surface area contributed by atoms with Gasteiger partial charge in [-0.15, -0.1) is 0 Å². The van der Waals surface area contributed by atoms with Gasteiger partial charge in [-0.3, -0.25) is 0 Å². The topological polar surface area (TPSA) is 79.3 Å². The summed E-state index contributed by atoms with van der Waals surface area (Å²) in [5, 5.41) is 9.59. The van der Waals surface area contributed by atoms with Crippen LogP contribution in [0, 0.1) is 0 Å². The molecule has 1 aliphatic rings. The summed E-state index contributed by atoms with van der Waals surface area (Å²) >= 11 is 0. The fourth-order valence-corrected chi connectivity index (χ4v) is 4.65. The molecular weight excluding hydrogens is 320 g/mol. The van der Waals surface area contributed by atoms with Gasteiger partial charge in [0.15, 0.2) is 0 Å².